The van der Waals surface area contributed by atoms with Crippen molar-refractivity contribution in [2.24, 2.45) is 5.92 Å². The van der Waals surface area contributed by atoms with Crippen molar-refractivity contribution in [1.29, 1.82) is 0 Å². The minimum Gasteiger partial charge on any atom is -0.508 e. The quantitative estimate of drug-likeness (QED) is 0.752. The number of phenolic OH excluding ortho intramolecular Hbond substituents is 1. The molecule has 23 heavy (non-hydrogen) atoms. The number of amides is 2. The van der Waals surface area contributed by atoms with Gasteiger partial charge >= 0.3 is 0 Å². The van der Waals surface area contributed by atoms with Crippen molar-refractivity contribution in [1.82, 2.24) is 15.5 Å². The van der Waals surface area contributed by atoms with Gasteiger partial charge in [0.1, 0.15) is 5.75 Å². The van der Waals surface area contributed by atoms with Gasteiger partial charge in [0.05, 0.1) is 11.9 Å². The molecule has 3 rings (SSSR count). The molecule has 2 aliphatic rings. The van der Waals surface area contributed by atoms with Crippen molar-refractivity contribution in [2.75, 3.05) is 31.3 Å². The molecule has 1 aromatic rings. The summed E-state index contributed by atoms with van der Waals surface area (Å²) in [6.45, 7) is 2.13. The Kier molecular flexibility index (Phi) is 5.07. The third-order valence-corrected chi connectivity index (χ3v) is 5.23. The van der Waals surface area contributed by atoms with E-state index < -0.39 is 0 Å². The van der Waals surface area contributed by atoms with Gasteiger partial charge in [0.25, 0.3) is 5.91 Å². The van der Waals surface area contributed by atoms with Gasteiger partial charge in [-0.3, -0.25) is 9.59 Å². The zero-order valence-corrected chi connectivity index (χ0v) is 13.6. The fourth-order valence-electron chi connectivity index (χ4n) is 2.91. The molecule has 2 atom stereocenters. The van der Waals surface area contributed by atoms with Crippen LogP contribution in [0.1, 0.15) is 16.8 Å². The van der Waals surface area contributed by atoms with Gasteiger partial charge < -0.3 is 20.6 Å². The first-order valence-corrected chi connectivity index (χ1v) is 8.96. The Labute approximate surface area is 139 Å². The van der Waals surface area contributed by atoms with Crippen molar-refractivity contribution in [3.05, 3.63) is 29.8 Å². The largest absolute Gasteiger partial charge is 0.508 e. The van der Waals surface area contributed by atoms with Crippen LogP contribution in [0.3, 0.4) is 0 Å². The maximum Gasteiger partial charge on any atom is 0.251 e. The third kappa shape index (κ3) is 3.97. The lowest BCUT2D eigenvalue weighted by molar-refractivity contribution is -0.131. The van der Waals surface area contributed by atoms with Gasteiger partial charge in [-0.15, -0.1) is 11.8 Å². The van der Waals surface area contributed by atoms with Gasteiger partial charge in [0, 0.05) is 31.0 Å². The molecule has 0 aromatic heterocycles. The van der Waals surface area contributed by atoms with Crippen LogP contribution in [-0.4, -0.2) is 59.1 Å². The molecule has 7 heteroatoms. The highest BCUT2D eigenvalue weighted by molar-refractivity contribution is 7.99. The van der Waals surface area contributed by atoms with E-state index in [-0.39, 0.29) is 29.5 Å². The Morgan fingerprint density at radius 3 is 2.83 bits per heavy atom. The molecular weight excluding hydrogens is 314 g/mol. The van der Waals surface area contributed by atoms with Crippen LogP contribution in [0, 0.1) is 5.92 Å². The topological polar surface area (TPSA) is 81.7 Å². The molecule has 0 bridgehead atoms. The Hall–Kier alpha value is -1.73. The maximum atomic E-state index is 12.3. The molecule has 2 aliphatic heterocycles. The van der Waals surface area contributed by atoms with Crippen molar-refractivity contribution in [3.63, 3.8) is 0 Å². The van der Waals surface area contributed by atoms with Crippen LogP contribution in [0.5, 0.6) is 5.75 Å². The summed E-state index contributed by atoms with van der Waals surface area (Å²) in [5, 5.41) is 15.4. The molecule has 0 saturated carbocycles. The van der Waals surface area contributed by atoms with Crippen LogP contribution in [0.4, 0.5) is 0 Å². The molecule has 2 heterocycles. The summed E-state index contributed by atoms with van der Waals surface area (Å²) in [6, 6.07) is 6.05. The zero-order chi connectivity index (χ0) is 16.2. The summed E-state index contributed by atoms with van der Waals surface area (Å²) in [6.07, 6.45) is 0.760. The van der Waals surface area contributed by atoms with Crippen LogP contribution in [0.25, 0.3) is 0 Å². The summed E-state index contributed by atoms with van der Waals surface area (Å²) in [4.78, 5) is 26.3. The van der Waals surface area contributed by atoms with E-state index in [1.165, 1.54) is 12.1 Å². The van der Waals surface area contributed by atoms with Crippen molar-refractivity contribution < 1.29 is 14.7 Å². The number of phenols is 1. The maximum absolute atomic E-state index is 12.3. The minimum atomic E-state index is -0.157. The van der Waals surface area contributed by atoms with Gasteiger partial charge in [0.2, 0.25) is 5.91 Å². The molecule has 1 aromatic carbocycles. The first kappa shape index (κ1) is 16.1. The number of carbonyl (C=O) groups excluding carboxylic acids is 2. The number of hydrogen-bond acceptors (Lipinski definition) is 5. The lowest BCUT2D eigenvalue weighted by Gasteiger charge is -2.19. The average Bonchev–Trinajstić information content (AvgIpc) is 3.24. The number of nitrogens with zero attached hydrogens (tertiary/aromatic N) is 1. The number of hydrogen-bond donors (Lipinski definition) is 3. The fourth-order valence-corrected chi connectivity index (χ4v) is 3.87. The van der Waals surface area contributed by atoms with Crippen molar-refractivity contribution >= 4 is 23.6 Å². The Morgan fingerprint density at radius 2 is 2.13 bits per heavy atom. The number of carbonyl (C=O) groups is 2. The highest BCUT2D eigenvalue weighted by atomic mass is 32.2. The highest BCUT2D eigenvalue weighted by Gasteiger charge is 2.33. The number of nitrogens with one attached hydrogen (secondary N) is 2. The standard InChI is InChI=1S/C16H21N3O3S/c20-13-3-1-12(2-4-13)15(21)18-9-11-7-14(17-8-11)16(22)19-5-6-23-10-19/h1-4,11,14,17,20H,5-10H2,(H,18,21)/t11-,14-/m0/s1. The normalized spacial score (nSPS) is 23.9. The summed E-state index contributed by atoms with van der Waals surface area (Å²) in [7, 11) is 0. The van der Waals surface area contributed by atoms with E-state index in [1.807, 2.05) is 4.90 Å². The van der Waals surface area contributed by atoms with E-state index in [0.717, 1.165) is 31.1 Å². The van der Waals surface area contributed by atoms with Crippen LogP contribution < -0.4 is 10.6 Å². The van der Waals surface area contributed by atoms with Crippen LogP contribution >= 0.6 is 11.8 Å². The smallest absolute Gasteiger partial charge is 0.251 e. The zero-order valence-electron chi connectivity index (χ0n) is 12.8. The van der Waals surface area contributed by atoms with E-state index in [2.05, 4.69) is 10.6 Å². The van der Waals surface area contributed by atoms with E-state index in [9.17, 15) is 14.7 Å². The van der Waals surface area contributed by atoms with Crippen LogP contribution in [-0.2, 0) is 4.79 Å². The minimum absolute atomic E-state index is 0.121. The van der Waals surface area contributed by atoms with Gasteiger partial charge in [-0.05, 0) is 36.6 Å². The Bertz CT molecular complexity index is 572. The summed E-state index contributed by atoms with van der Waals surface area (Å²) in [5.41, 5.74) is 0.524. The Balaban J connectivity index is 1.45. The van der Waals surface area contributed by atoms with Gasteiger partial charge in [0.15, 0.2) is 0 Å². The van der Waals surface area contributed by atoms with Gasteiger partial charge in [-0.2, -0.15) is 0 Å². The highest BCUT2D eigenvalue weighted by Crippen LogP contribution is 2.20. The molecule has 0 radical (unpaired) electrons. The fraction of sp³-hybridized carbons (Fsp3) is 0.500. The average molecular weight is 335 g/mol. The molecule has 6 nitrogen and oxygen atoms in total. The summed E-state index contributed by atoms with van der Waals surface area (Å²) in [5.74, 6) is 2.24. The van der Waals surface area contributed by atoms with Crippen LogP contribution in [0.2, 0.25) is 0 Å². The molecule has 2 saturated heterocycles. The third-order valence-electron chi connectivity index (χ3n) is 4.27. The molecule has 3 N–H and O–H groups in total. The van der Waals surface area contributed by atoms with Gasteiger partial charge in [-0.1, -0.05) is 0 Å². The second-order valence-electron chi connectivity index (χ2n) is 5.96. The van der Waals surface area contributed by atoms with E-state index in [1.54, 1.807) is 23.9 Å². The van der Waals surface area contributed by atoms with E-state index in [4.69, 9.17) is 0 Å². The lowest BCUT2D eigenvalue weighted by Crippen LogP contribution is -2.42. The molecule has 0 unspecified atom stereocenters. The number of aromatic hydroxyl groups is 1. The lowest BCUT2D eigenvalue weighted by atomic mass is 10.0. The van der Waals surface area contributed by atoms with Crippen molar-refractivity contribution in [2.45, 2.75) is 12.5 Å². The molecule has 124 valence electrons. The molecule has 0 spiro atoms. The van der Waals surface area contributed by atoms with Crippen molar-refractivity contribution in [3.8, 4) is 5.75 Å². The molecule has 2 amide bonds. The first-order valence-electron chi connectivity index (χ1n) is 7.80. The second kappa shape index (κ2) is 7.23. The van der Waals surface area contributed by atoms with E-state index in [0.29, 0.717) is 12.1 Å². The van der Waals surface area contributed by atoms with E-state index >= 15 is 0 Å². The second-order valence-corrected chi connectivity index (χ2v) is 7.03. The van der Waals surface area contributed by atoms with Crippen LogP contribution in [0.15, 0.2) is 24.3 Å². The Morgan fingerprint density at radius 1 is 1.35 bits per heavy atom. The first-order chi connectivity index (χ1) is 11.1. The number of rotatable bonds is 4. The monoisotopic (exact) mass is 335 g/mol. The molecule has 0 aliphatic carbocycles. The number of benzene rings is 1. The summed E-state index contributed by atoms with van der Waals surface area (Å²) < 4.78 is 0. The summed E-state index contributed by atoms with van der Waals surface area (Å²) >= 11 is 1.79. The predicted octanol–water partition coefficient (Wildman–Crippen LogP) is 0.633. The molecule has 2 fully saturated rings. The molecular formula is C16H21N3O3S. The predicted molar refractivity (Wildman–Crippen MR) is 89.4 cm³/mol. The van der Waals surface area contributed by atoms with Gasteiger partial charge in [-0.25, -0.2) is 0 Å². The SMILES string of the molecule is O=C(NC[C@@H]1CN[C@H](C(=O)N2CCSC2)C1)c1ccc(O)cc1. The number of thioether (sulfide) groups is 1.